The van der Waals surface area contributed by atoms with Crippen molar-refractivity contribution in [3.63, 3.8) is 0 Å². The van der Waals surface area contributed by atoms with E-state index in [-0.39, 0.29) is 12.1 Å². The molecule has 1 aromatic carbocycles. The molecular formula is C16H23N5O. The van der Waals surface area contributed by atoms with Crippen molar-refractivity contribution >= 4 is 17.1 Å². The van der Waals surface area contributed by atoms with Crippen LogP contribution in [-0.2, 0) is 0 Å². The SMILES string of the molecule is Cc1cc2nc(C3CC(NC(N)=O)CCN3C)[nH]c2cc1C. The number of rotatable bonds is 2. The van der Waals surface area contributed by atoms with Gasteiger partial charge in [-0.05, 0) is 57.0 Å². The molecule has 22 heavy (non-hydrogen) atoms. The van der Waals surface area contributed by atoms with E-state index >= 15 is 0 Å². The Labute approximate surface area is 130 Å². The van der Waals surface area contributed by atoms with E-state index in [1.807, 2.05) is 0 Å². The van der Waals surface area contributed by atoms with Crippen LogP contribution in [0.1, 0.15) is 35.8 Å². The summed E-state index contributed by atoms with van der Waals surface area (Å²) in [7, 11) is 2.09. The number of carbonyl (C=O) groups is 1. The molecule has 3 rings (SSSR count). The molecule has 6 nitrogen and oxygen atoms in total. The number of carbonyl (C=O) groups excluding carboxylic acids is 1. The molecule has 0 saturated carbocycles. The Morgan fingerprint density at radius 2 is 2.14 bits per heavy atom. The summed E-state index contributed by atoms with van der Waals surface area (Å²) in [5.74, 6) is 0.957. The number of H-pyrrole nitrogens is 1. The first-order valence-corrected chi connectivity index (χ1v) is 7.67. The molecule has 1 aromatic heterocycles. The molecule has 0 bridgehead atoms. The first kappa shape index (κ1) is 14.8. The summed E-state index contributed by atoms with van der Waals surface area (Å²) in [6.07, 6.45) is 1.73. The van der Waals surface area contributed by atoms with Gasteiger partial charge >= 0.3 is 6.03 Å². The standard InChI is InChI=1S/C16H23N5O/c1-9-6-12-13(7-10(9)2)20-15(19-12)14-8-11(18-16(17)22)4-5-21(14)3/h6-7,11,14H,4-5,8H2,1-3H3,(H,19,20)(H3,17,18,22). The van der Waals surface area contributed by atoms with Crippen LogP contribution in [0.5, 0.6) is 0 Å². The number of aromatic amines is 1. The van der Waals surface area contributed by atoms with Crippen molar-refractivity contribution in [2.75, 3.05) is 13.6 Å². The number of aryl methyl sites for hydroxylation is 2. The number of benzene rings is 1. The van der Waals surface area contributed by atoms with E-state index in [2.05, 4.69) is 48.2 Å². The van der Waals surface area contributed by atoms with Crippen molar-refractivity contribution in [3.8, 4) is 0 Å². The van der Waals surface area contributed by atoms with Gasteiger partial charge in [0, 0.05) is 12.6 Å². The molecule has 2 aromatic rings. The first-order chi connectivity index (χ1) is 10.4. The predicted octanol–water partition coefficient (Wildman–Crippen LogP) is 1.98. The third-order valence-electron chi connectivity index (χ3n) is 4.65. The van der Waals surface area contributed by atoms with E-state index in [0.29, 0.717) is 0 Å². The van der Waals surface area contributed by atoms with Crippen molar-refractivity contribution < 1.29 is 4.79 Å². The number of fused-ring (bicyclic) bond motifs is 1. The van der Waals surface area contributed by atoms with Gasteiger partial charge in [-0.25, -0.2) is 9.78 Å². The number of amides is 2. The van der Waals surface area contributed by atoms with Crippen LogP contribution in [0.15, 0.2) is 12.1 Å². The number of urea groups is 1. The highest BCUT2D eigenvalue weighted by molar-refractivity contribution is 5.77. The summed E-state index contributed by atoms with van der Waals surface area (Å²) < 4.78 is 0. The average Bonchev–Trinajstić information content (AvgIpc) is 2.83. The van der Waals surface area contributed by atoms with Gasteiger partial charge in [0.15, 0.2) is 0 Å². The lowest BCUT2D eigenvalue weighted by Gasteiger charge is -2.36. The Hall–Kier alpha value is -2.08. The lowest BCUT2D eigenvalue weighted by Crippen LogP contribution is -2.46. The van der Waals surface area contributed by atoms with Gasteiger partial charge in [-0.15, -0.1) is 0 Å². The van der Waals surface area contributed by atoms with E-state index in [4.69, 9.17) is 10.7 Å². The van der Waals surface area contributed by atoms with Crippen LogP contribution < -0.4 is 11.1 Å². The van der Waals surface area contributed by atoms with Crippen LogP contribution in [0.2, 0.25) is 0 Å². The third-order valence-corrected chi connectivity index (χ3v) is 4.65. The molecule has 1 saturated heterocycles. The number of nitrogens with two attached hydrogens (primary N) is 1. The zero-order valence-corrected chi connectivity index (χ0v) is 13.3. The molecule has 2 amide bonds. The number of primary amides is 1. The molecule has 0 spiro atoms. The van der Waals surface area contributed by atoms with Crippen molar-refractivity contribution in [2.24, 2.45) is 5.73 Å². The van der Waals surface area contributed by atoms with E-state index < -0.39 is 6.03 Å². The van der Waals surface area contributed by atoms with Gasteiger partial charge in [-0.1, -0.05) is 0 Å². The molecule has 2 unspecified atom stereocenters. The van der Waals surface area contributed by atoms with E-state index in [9.17, 15) is 4.79 Å². The quantitative estimate of drug-likeness (QED) is 0.792. The summed E-state index contributed by atoms with van der Waals surface area (Å²) in [6, 6.07) is 4.08. The largest absolute Gasteiger partial charge is 0.352 e. The molecule has 0 aliphatic carbocycles. The number of hydrogen-bond acceptors (Lipinski definition) is 3. The Morgan fingerprint density at radius 1 is 1.41 bits per heavy atom. The Bertz CT molecular complexity index is 669. The lowest BCUT2D eigenvalue weighted by molar-refractivity contribution is 0.152. The predicted molar refractivity (Wildman–Crippen MR) is 86.7 cm³/mol. The van der Waals surface area contributed by atoms with Crippen LogP contribution in [0.4, 0.5) is 4.79 Å². The molecule has 1 aliphatic heterocycles. The zero-order valence-electron chi connectivity index (χ0n) is 13.3. The van der Waals surface area contributed by atoms with E-state index in [1.54, 1.807) is 0 Å². The second kappa shape index (κ2) is 5.61. The van der Waals surface area contributed by atoms with Crippen molar-refractivity contribution in [1.29, 1.82) is 0 Å². The zero-order chi connectivity index (χ0) is 15.9. The molecule has 1 aliphatic rings. The third kappa shape index (κ3) is 2.78. The number of imidazole rings is 1. The molecule has 1 fully saturated rings. The topological polar surface area (TPSA) is 87.0 Å². The number of aromatic nitrogens is 2. The minimum absolute atomic E-state index is 0.107. The maximum Gasteiger partial charge on any atom is 0.312 e. The maximum atomic E-state index is 11.1. The highest BCUT2D eigenvalue weighted by Gasteiger charge is 2.29. The fraction of sp³-hybridized carbons (Fsp3) is 0.500. The number of nitrogens with one attached hydrogen (secondary N) is 2. The average molecular weight is 301 g/mol. The monoisotopic (exact) mass is 301 g/mol. The molecule has 2 atom stereocenters. The van der Waals surface area contributed by atoms with Crippen LogP contribution in [0, 0.1) is 13.8 Å². The highest BCUT2D eigenvalue weighted by Crippen LogP contribution is 2.30. The van der Waals surface area contributed by atoms with Gasteiger partial charge in [0.25, 0.3) is 0 Å². The smallest absolute Gasteiger partial charge is 0.312 e. The number of likely N-dealkylation sites (tertiary alicyclic amines) is 1. The Kier molecular flexibility index (Phi) is 3.78. The van der Waals surface area contributed by atoms with Crippen molar-refractivity contribution in [2.45, 2.75) is 38.8 Å². The number of piperidine rings is 1. The normalized spacial score (nSPS) is 22.9. The maximum absolute atomic E-state index is 11.1. The fourth-order valence-corrected chi connectivity index (χ4v) is 3.18. The van der Waals surface area contributed by atoms with Gasteiger partial charge < -0.3 is 16.0 Å². The Balaban J connectivity index is 1.89. The minimum Gasteiger partial charge on any atom is -0.352 e. The van der Waals surface area contributed by atoms with E-state index in [1.165, 1.54) is 11.1 Å². The number of nitrogens with zero attached hydrogens (tertiary/aromatic N) is 2. The van der Waals surface area contributed by atoms with Crippen molar-refractivity contribution in [3.05, 3.63) is 29.1 Å². The molecule has 2 heterocycles. The summed E-state index contributed by atoms with van der Waals surface area (Å²) >= 11 is 0. The van der Waals surface area contributed by atoms with Gasteiger partial charge in [0.1, 0.15) is 5.82 Å². The minimum atomic E-state index is -0.454. The summed E-state index contributed by atoms with van der Waals surface area (Å²) in [5.41, 5.74) is 9.82. The summed E-state index contributed by atoms with van der Waals surface area (Å²) in [6.45, 7) is 5.11. The summed E-state index contributed by atoms with van der Waals surface area (Å²) in [4.78, 5) is 21.6. The Morgan fingerprint density at radius 3 is 2.86 bits per heavy atom. The second-order valence-corrected chi connectivity index (χ2v) is 6.30. The van der Waals surface area contributed by atoms with Crippen LogP contribution in [0.25, 0.3) is 11.0 Å². The van der Waals surface area contributed by atoms with Gasteiger partial charge in [0.05, 0.1) is 17.1 Å². The van der Waals surface area contributed by atoms with Gasteiger partial charge in [-0.2, -0.15) is 0 Å². The molecular weight excluding hydrogens is 278 g/mol. The molecule has 4 N–H and O–H groups in total. The van der Waals surface area contributed by atoms with Crippen LogP contribution >= 0.6 is 0 Å². The van der Waals surface area contributed by atoms with Crippen LogP contribution in [-0.4, -0.2) is 40.5 Å². The van der Waals surface area contributed by atoms with Crippen LogP contribution in [0.3, 0.4) is 0 Å². The molecule has 0 radical (unpaired) electrons. The van der Waals surface area contributed by atoms with Crippen molar-refractivity contribution in [1.82, 2.24) is 20.2 Å². The number of hydrogen-bond donors (Lipinski definition) is 3. The lowest BCUT2D eigenvalue weighted by atomic mass is 9.97. The second-order valence-electron chi connectivity index (χ2n) is 6.30. The summed E-state index contributed by atoms with van der Waals surface area (Å²) in [5, 5.41) is 2.82. The van der Waals surface area contributed by atoms with Gasteiger partial charge in [-0.3, -0.25) is 4.90 Å². The first-order valence-electron chi connectivity index (χ1n) is 7.67. The van der Waals surface area contributed by atoms with E-state index in [0.717, 1.165) is 36.2 Å². The molecule has 118 valence electrons. The van der Waals surface area contributed by atoms with Gasteiger partial charge in [0.2, 0.25) is 0 Å². The fourth-order valence-electron chi connectivity index (χ4n) is 3.18. The highest BCUT2D eigenvalue weighted by atomic mass is 16.2. The molecule has 6 heteroatoms.